The van der Waals surface area contributed by atoms with Gasteiger partial charge in [0.1, 0.15) is 5.75 Å². The Kier molecular flexibility index (Phi) is 3.94. The SMILES string of the molecule is Cc1ccc(CN[C@H]2CCc3cc(O)c(O)cc3C2)cc1O. The molecule has 0 saturated carbocycles. The first-order valence-corrected chi connectivity index (χ1v) is 7.58. The molecular formula is C18H21NO3. The fourth-order valence-corrected chi connectivity index (χ4v) is 2.98. The summed E-state index contributed by atoms with van der Waals surface area (Å²) in [5, 5.41) is 32.4. The first-order valence-electron chi connectivity index (χ1n) is 7.58. The predicted molar refractivity (Wildman–Crippen MR) is 85.3 cm³/mol. The fraction of sp³-hybridized carbons (Fsp3) is 0.333. The van der Waals surface area contributed by atoms with Gasteiger partial charge in [0.2, 0.25) is 0 Å². The van der Waals surface area contributed by atoms with Crippen LogP contribution in [0.15, 0.2) is 30.3 Å². The molecule has 0 saturated heterocycles. The molecule has 1 aliphatic rings. The maximum atomic E-state index is 9.74. The fourth-order valence-electron chi connectivity index (χ4n) is 2.98. The van der Waals surface area contributed by atoms with Crippen LogP contribution in [0.5, 0.6) is 17.2 Å². The Morgan fingerprint density at radius 2 is 1.73 bits per heavy atom. The monoisotopic (exact) mass is 299 g/mol. The summed E-state index contributed by atoms with van der Waals surface area (Å²) in [6.07, 6.45) is 2.72. The van der Waals surface area contributed by atoms with Crippen LogP contribution in [0, 0.1) is 6.92 Å². The molecule has 2 aromatic rings. The lowest BCUT2D eigenvalue weighted by atomic mass is 9.87. The van der Waals surface area contributed by atoms with Gasteiger partial charge in [0.25, 0.3) is 0 Å². The zero-order chi connectivity index (χ0) is 15.7. The Morgan fingerprint density at radius 1 is 1.00 bits per heavy atom. The van der Waals surface area contributed by atoms with E-state index in [1.165, 1.54) is 0 Å². The Morgan fingerprint density at radius 3 is 2.45 bits per heavy atom. The molecule has 0 aromatic heterocycles. The number of phenols is 3. The lowest BCUT2D eigenvalue weighted by molar-refractivity contribution is 0.398. The highest BCUT2D eigenvalue weighted by atomic mass is 16.3. The Bertz CT molecular complexity index is 697. The highest BCUT2D eigenvalue weighted by Gasteiger charge is 2.20. The predicted octanol–water partition coefficient (Wildman–Crippen LogP) is 2.76. The third-order valence-corrected chi connectivity index (χ3v) is 4.39. The zero-order valence-corrected chi connectivity index (χ0v) is 12.6. The number of benzene rings is 2. The summed E-state index contributed by atoms with van der Waals surface area (Å²) in [4.78, 5) is 0. The van der Waals surface area contributed by atoms with Gasteiger partial charge in [-0.25, -0.2) is 0 Å². The van der Waals surface area contributed by atoms with E-state index in [1.54, 1.807) is 18.2 Å². The molecule has 3 rings (SSSR count). The zero-order valence-electron chi connectivity index (χ0n) is 12.6. The van der Waals surface area contributed by atoms with Gasteiger partial charge in [-0.3, -0.25) is 0 Å². The van der Waals surface area contributed by atoms with E-state index < -0.39 is 0 Å². The van der Waals surface area contributed by atoms with Gasteiger partial charge in [0, 0.05) is 12.6 Å². The van der Waals surface area contributed by atoms with Crippen molar-refractivity contribution < 1.29 is 15.3 Å². The second-order valence-corrected chi connectivity index (χ2v) is 6.05. The van der Waals surface area contributed by atoms with Crippen LogP contribution in [0.4, 0.5) is 0 Å². The summed E-state index contributed by atoms with van der Waals surface area (Å²) in [6, 6.07) is 9.39. The minimum absolute atomic E-state index is 0.0414. The largest absolute Gasteiger partial charge is 0.508 e. The molecule has 0 fully saturated rings. The third-order valence-electron chi connectivity index (χ3n) is 4.39. The first-order chi connectivity index (χ1) is 10.5. The van der Waals surface area contributed by atoms with Gasteiger partial charge in [0.15, 0.2) is 11.5 Å². The Labute approximate surface area is 130 Å². The number of phenolic OH excluding ortho intramolecular Hbond substituents is 3. The molecule has 0 heterocycles. The van der Waals surface area contributed by atoms with Crippen molar-refractivity contribution in [2.24, 2.45) is 0 Å². The van der Waals surface area contributed by atoms with Crippen molar-refractivity contribution in [2.45, 2.75) is 38.8 Å². The van der Waals surface area contributed by atoms with Crippen LogP contribution in [-0.2, 0) is 19.4 Å². The van der Waals surface area contributed by atoms with E-state index in [2.05, 4.69) is 5.32 Å². The third kappa shape index (κ3) is 3.02. The number of hydrogen-bond acceptors (Lipinski definition) is 4. The Balaban J connectivity index is 1.65. The van der Waals surface area contributed by atoms with Gasteiger partial charge in [-0.15, -0.1) is 0 Å². The normalized spacial score (nSPS) is 17.2. The van der Waals surface area contributed by atoms with Crippen LogP contribution in [0.1, 0.15) is 28.7 Å². The number of fused-ring (bicyclic) bond motifs is 1. The summed E-state index contributed by atoms with van der Waals surface area (Å²) in [6.45, 7) is 2.59. The smallest absolute Gasteiger partial charge is 0.157 e. The van der Waals surface area contributed by atoms with Crippen molar-refractivity contribution in [3.63, 3.8) is 0 Å². The quantitative estimate of drug-likeness (QED) is 0.658. The molecule has 4 N–H and O–H groups in total. The van der Waals surface area contributed by atoms with Crippen LogP contribution in [0.25, 0.3) is 0 Å². The maximum absolute atomic E-state index is 9.74. The molecule has 0 aliphatic heterocycles. The van der Waals surface area contributed by atoms with Crippen molar-refractivity contribution in [3.8, 4) is 17.2 Å². The van der Waals surface area contributed by atoms with E-state index in [4.69, 9.17) is 0 Å². The van der Waals surface area contributed by atoms with Crippen LogP contribution in [0.3, 0.4) is 0 Å². The molecular weight excluding hydrogens is 278 g/mol. The molecule has 0 radical (unpaired) electrons. The molecule has 4 heteroatoms. The maximum Gasteiger partial charge on any atom is 0.157 e. The molecule has 0 amide bonds. The molecule has 116 valence electrons. The van der Waals surface area contributed by atoms with Crippen LogP contribution in [0.2, 0.25) is 0 Å². The standard InChI is InChI=1S/C18H21NO3/c1-11-2-3-12(6-16(11)20)10-19-15-5-4-13-8-17(21)18(22)9-14(13)7-15/h2-3,6,8-9,15,19-22H,4-5,7,10H2,1H3/t15-/m0/s1. The van der Waals surface area contributed by atoms with E-state index in [0.29, 0.717) is 18.3 Å². The average molecular weight is 299 g/mol. The first kappa shape index (κ1) is 14.7. The highest BCUT2D eigenvalue weighted by Crippen LogP contribution is 2.32. The van der Waals surface area contributed by atoms with Crippen molar-refractivity contribution in [1.29, 1.82) is 0 Å². The molecule has 1 aliphatic carbocycles. The number of nitrogens with one attached hydrogen (secondary N) is 1. The molecule has 22 heavy (non-hydrogen) atoms. The minimum Gasteiger partial charge on any atom is -0.508 e. The molecule has 2 aromatic carbocycles. The van der Waals surface area contributed by atoms with Gasteiger partial charge in [-0.05, 0) is 66.6 Å². The van der Waals surface area contributed by atoms with E-state index in [1.807, 2.05) is 19.1 Å². The van der Waals surface area contributed by atoms with Gasteiger partial charge in [0.05, 0.1) is 0 Å². The van der Waals surface area contributed by atoms with E-state index in [9.17, 15) is 15.3 Å². The lowest BCUT2D eigenvalue weighted by Crippen LogP contribution is -2.34. The van der Waals surface area contributed by atoms with Gasteiger partial charge < -0.3 is 20.6 Å². The van der Waals surface area contributed by atoms with Crippen molar-refractivity contribution >= 4 is 0 Å². The lowest BCUT2D eigenvalue weighted by Gasteiger charge is -2.26. The number of rotatable bonds is 3. The van der Waals surface area contributed by atoms with Crippen LogP contribution < -0.4 is 5.32 Å². The van der Waals surface area contributed by atoms with E-state index >= 15 is 0 Å². The second-order valence-electron chi connectivity index (χ2n) is 6.05. The van der Waals surface area contributed by atoms with Gasteiger partial charge >= 0.3 is 0 Å². The summed E-state index contributed by atoms with van der Waals surface area (Å²) < 4.78 is 0. The summed E-state index contributed by atoms with van der Waals surface area (Å²) in [7, 11) is 0. The average Bonchev–Trinajstić information content (AvgIpc) is 2.50. The number of aromatic hydroxyl groups is 3. The summed E-state index contributed by atoms with van der Waals surface area (Å²) >= 11 is 0. The second kappa shape index (κ2) is 5.89. The molecule has 4 nitrogen and oxygen atoms in total. The van der Waals surface area contributed by atoms with Crippen LogP contribution in [-0.4, -0.2) is 21.4 Å². The number of hydrogen-bond donors (Lipinski definition) is 4. The van der Waals surface area contributed by atoms with E-state index in [0.717, 1.165) is 41.5 Å². The van der Waals surface area contributed by atoms with Crippen LogP contribution >= 0.6 is 0 Å². The molecule has 0 bridgehead atoms. The summed E-state index contributed by atoms with van der Waals surface area (Å²) in [5.41, 5.74) is 4.14. The minimum atomic E-state index is -0.0529. The van der Waals surface area contributed by atoms with Crippen molar-refractivity contribution in [1.82, 2.24) is 5.32 Å². The highest BCUT2D eigenvalue weighted by molar-refractivity contribution is 5.46. The van der Waals surface area contributed by atoms with Crippen molar-refractivity contribution in [3.05, 3.63) is 52.6 Å². The van der Waals surface area contributed by atoms with Gasteiger partial charge in [-0.1, -0.05) is 12.1 Å². The van der Waals surface area contributed by atoms with Gasteiger partial charge in [-0.2, -0.15) is 0 Å². The van der Waals surface area contributed by atoms with Crippen molar-refractivity contribution in [2.75, 3.05) is 0 Å². The molecule has 0 unspecified atom stereocenters. The molecule has 1 atom stereocenters. The van der Waals surface area contributed by atoms with E-state index in [-0.39, 0.29) is 11.5 Å². The topological polar surface area (TPSA) is 72.7 Å². The summed E-state index contributed by atoms with van der Waals surface area (Å²) in [5.74, 6) is 0.233. The Hall–Kier alpha value is -2.20. The molecule has 0 spiro atoms. The number of aryl methyl sites for hydroxylation is 2.